The van der Waals surface area contributed by atoms with Crippen molar-refractivity contribution in [3.05, 3.63) is 52.4 Å². The van der Waals surface area contributed by atoms with Crippen molar-refractivity contribution < 1.29 is 23.2 Å². The molecule has 30 heavy (non-hydrogen) atoms. The van der Waals surface area contributed by atoms with Gasteiger partial charge in [0.15, 0.2) is 6.10 Å². The van der Waals surface area contributed by atoms with E-state index in [0.717, 1.165) is 31.2 Å². The molecule has 7 heteroatoms. The van der Waals surface area contributed by atoms with Crippen molar-refractivity contribution >= 4 is 12.2 Å². The Bertz CT molecular complexity index is 821. The molecule has 0 aliphatic heterocycles. The van der Waals surface area contributed by atoms with E-state index in [-0.39, 0.29) is 5.89 Å². The Balaban J connectivity index is 1.87. The van der Waals surface area contributed by atoms with Crippen molar-refractivity contribution in [2.45, 2.75) is 77.7 Å². The molecule has 0 fully saturated rings. The van der Waals surface area contributed by atoms with Crippen molar-refractivity contribution in [1.29, 1.82) is 0 Å². The van der Waals surface area contributed by atoms with Crippen LogP contribution in [0.1, 0.15) is 89.2 Å². The summed E-state index contributed by atoms with van der Waals surface area (Å²) in [5.74, 6) is -0.616. The minimum atomic E-state index is -0.928. The molecule has 0 bridgehead atoms. The number of hydrogen-bond donors (Lipinski definition) is 0. The number of carbonyl (C=O) groups is 1. The van der Waals surface area contributed by atoms with E-state index < -0.39 is 18.1 Å². The van der Waals surface area contributed by atoms with Crippen LogP contribution in [0.15, 0.2) is 44.1 Å². The summed E-state index contributed by atoms with van der Waals surface area (Å²) in [6.07, 6.45) is 11.5. The number of carbonyl (C=O) groups excluding carboxylic acids is 1. The highest BCUT2D eigenvalue weighted by atomic mass is 16.7. The smallest absolute Gasteiger partial charge is 0.421 e. The molecule has 1 aromatic heterocycles. The molecule has 2 rings (SSSR count). The molecule has 164 valence electrons. The first-order chi connectivity index (χ1) is 14.6. The molecule has 1 unspecified atom stereocenters. The van der Waals surface area contributed by atoms with E-state index >= 15 is 0 Å². The summed E-state index contributed by atoms with van der Waals surface area (Å²) < 4.78 is 19.9. The van der Waals surface area contributed by atoms with Gasteiger partial charge < -0.3 is 13.9 Å². The summed E-state index contributed by atoms with van der Waals surface area (Å²) in [7, 11) is 0. The maximum Gasteiger partial charge on any atom is 0.542 e. The Morgan fingerprint density at radius 1 is 1.07 bits per heavy atom. The number of benzene rings is 1. The van der Waals surface area contributed by atoms with E-state index in [0.29, 0.717) is 12.2 Å². The number of hydrogen-bond acceptors (Lipinski definition) is 7. The molecule has 1 aromatic carbocycles. The number of nitrogens with zero attached hydrogens (tertiary/aromatic N) is 1. The van der Waals surface area contributed by atoms with Gasteiger partial charge in [0.05, 0.1) is 0 Å². The van der Waals surface area contributed by atoms with Crippen LogP contribution in [0, 0.1) is 0 Å². The second-order valence-electron chi connectivity index (χ2n) is 7.12. The van der Waals surface area contributed by atoms with Crippen LogP contribution in [-0.4, -0.2) is 11.3 Å². The Morgan fingerprint density at radius 3 is 2.40 bits per heavy atom. The standard InChI is InChI=1S/C23H31NO6/c1-3-5-7-8-9-10-11-13-20(21-24-30-23(26)29-21)28-22(25)27-19-16-14-18(15-17-19)12-6-4-2/h6,12,14-17,20H,3-5,7-11,13H2,1-2H3. The fourth-order valence-corrected chi connectivity index (χ4v) is 2.99. The third-order valence-electron chi connectivity index (χ3n) is 4.61. The fourth-order valence-electron chi connectivity index (χ4n) is 2.99. The molecule has 0 radical (unpaired) electrons. The average molecular weight is 418 g/mol. The summed E-state index contributed by atoms with van der Waals surface area (Å²) in [6, 6.07) is 7.08. The maximum atomic E-state index is 12.2. The van der Waals surface area contributed by atoms with Gasteiger partial charge in [-0.3, -0.25) is 4.52 Å². The van der Waals surface area contributed by atoms with Crippen LogP contribution in [0.4, 0.5) is 4.79 Å². The number of unbranched alkanes of at least 4 members (excludes halogenated alkanes) is 6. The zero-order valence-electron chi connectivity index (χ0n) is 17.8. The molecule has 1 atom stereocenters. The van der Waals surface area contributed by atoms with Crippen LogP contribution in [0.2, 0.25) is 0 Å². The maximum absolute atomic E-state index is 12.2. The predicted octanol–water partition coefficient (Wildman–Crippen LogP) is 6.45. The Kier molecular flexibility index (Phi) is 10.5. The zero-order valence-corrected chi connectivity index (χ0v) is 17.8. The Hall–Kier alpha value is -2.83. The van der Waals surface area contributed by atoms with E-state index in [1.807, 2.05) is 24.3 Å². The lowest BCUT2D eigenvalue weighted by Gasteiger charge is -2.14. The van der Waals surface area contributed by atoms with Crippen LogP contribution in [0.25, 0.3) is 6.08 Å². The number of allylic oxidation sites excluding steroid dienone is 1. The van der Waals surface area contributed by atoms with Crippen molar-refractivity contribution in [3.63, 3.8) is 0 Å². The van der Waals surface area contributed by atoms with Crippen LogP contribution in [0.3, 0.4) is 0 Å². The lowest BCUT2D eigenvalue weighted by atomic mass is 10.1. The first kappa shape index (κ1) is 23.4. The fraction of sp³-hybridized carbons (Fsp3) is 0.522. The number of aromatic nitrogens is 1. The molecule has 0 spiro atoms. The van der Waals surface area contributed by atoms with Crippen LogP contribution < -0.4 is 10.6 Å². The van der Waals surface area contributed by atoms with Gasteiger partial charge in [-0.25, -0.2) is 9.59 Å². The molecule has 2 aromatic rings. The molecule has 0 aliphatic rings. The molecule has 0 saturated heterocycles. The largest absolute Gasteiger partial charge is 0.542 e. The van der Waals surface area contributed by atoms with Gasteiger partial charge in [0, 0.05) is 0 Å². The normalized spacial score (nSPS) is 12.2. The summed E-state index contributed by atoms with van der Waals surface area (Å²) in [6.45, 7) is 4.24. The average Bonchev–Trinajstić information content (AvgIpc) is 3.18. The topological polar surface area (TPSA) is 91.8 Å². The minimum Gasteiger partial charge on any atom is -0.421 e. The third-order valence-corrected chi connectivity index (χ3v) is 4.61. The number of ether oxygens (including phenoxy) is 2. The first-order valence-corrected chi connectivity index (χ1v) is 10.7. The summed E-state index contributed by atoms with van der Waals surface area (Å²) in [5, 5.41) is 3.56. The van der Waals surface area contributed by atoms with Crippen molar-refractivity contribution in [3.8, 4) is 5.75 Å². The Labute approximate surface area is 177 Å². The molecular formula is C23H31NO6. The second kappa shape index (κ2) is 13.4. The van der Waals surface area contributed by atoms with Gasteiger partial charge in [0.1, 0.15) is 5.75 Å². The van der Waals surface area contributed by atoms with Gasteiger partial charge >= 0.3 is 12.0 Å². The van der Waals surface area contributed by atoms with Gasteiger partial charge in [0.2, 0.25) is 0 Å². The molecule has 0 N–H and O–H groups in total. The molecule has 1 heterocycles. The van der Waals surface area contributed by atoms with E-state index in [9.17, 15) is 9.59 Å². The van der Waals surface area contributed by atoms with Gasteiger partial charge in [-0.15, -0.1) is 0 Å². The van der Waals surface area contributed by atoms with Gasteiger partial charge in [0.25, 0.3) is 5.89 Å². The highest BCUT2D eigenvalue weighted by Crippen LogP contribution is 2.24. The summed E-state index contributed by atoms with van der Waals surface area (Å²) in [4.78, 5) is 23.4. The number of rotatable bonds is 13. The monoisotopic (exact) mass is 417 g/mol. The SMILES string of the molecule is CCC=Cc1ccc(OC(=O)OC(CCCCCCCCC)c2noc(=O)o2)cc1. The van der Waals surface area contributed by atoms with Crippen molar-refractivity contribution in [1.82, 2.24) is 5.16 Å². The van der Waals surface area contributed by atoms with Crippen LogP contribution >= 0.6 is 0 Å². The Morgan fingerprint density at radius 2 is 1.77 bits per heavy atom. The van der Waals surface area contributed by atoms with E-state index in [1.54, 1.807) is 12.1 Å². The minimum absolute atomic E-state index is 0.0528. The van der Waals surface area contributed by atoms with Gasteiger partial charge in [-0.2, -0.15) is 0 Å². The van der Waals surface area contributed by atoms with E-state index in [2.05, 4.69) is 23.5 Å². The first-order valence-electron chi connectivity index (χ1n) is 10.7. The highest BCUT2D eigenvalue weighted by molar-refractivity contribution is 5.64. The van der Waals surface area contributed by atoms with Gasteiger partial charge in [-0.1, -0.05) is 76.7 Å². The van der Waals surface area contributed by atoms with Crippen molar-refractivity contribution in [2.75, 3.05) is 0 Å². The quantitative estimate of drug-likeness (QED) is 0.210. The zero-order chi connectivity index (χ0) is 21.6. The van der Waals surface area contributed by atoms with Crippen molar-refractivity contribution in [2.24, 2.45) is 0 Å². The summed E-state index contributed by atoms with van der Waals surface area (Å²) >= 11 is 0. The third kappa shape index (κ3) is 8.68. The highest BCUT2D eigenvalue weighted by Gasteiger charge is 2.24. The summed E-state index contributed by atoms with van der Waals surface area (Å²) in [5.41, 5.74) is 1.01. The molecule has 7 nitrogen and oxygen atoms in total. The predicted molar refractivity (Wildman–Crippen MR) is 113 cm³/mol. The van der Waals surface area contributed by atoms with Crippen LogP contribution in [0.5, 0.6) is 5.75 Å². The van der Waals surface area contributed by atoms with Gasteiger partial charge in [-0.05, 0) is 42.1 Å². The van der Waals surface area contributed by atoms with E-state index in [4.69, 9.17) is 13.9 Å². The van der Waals surface area contributed by atoms with E-state index in [1.165, 1.54) is 25.7 Å². The molecule has 0 aliphatic carbocycles. The van der Waals surface area contributed by atoms with Crippen LogP contribution in [-0.2, 0) is 4.74 Å². The lowest BCUT2D eigenvalue weighted by Crippen LogP contribution is -2.16. The second-order valence-corrected chi connectivity index (χ2v) is 7.12. The molecular weight excluding hydrogens is 386 g/mol. The molecule has 0 saturated carbocycles. The lowest BCUT2D eigenvalue weighted by molar-refractivity contribution is 0.0394. The molecule has 0 amide bonds.